The lowest BCUT2D eigenvalue weighted by Crippen LogP contribution is -2.37. The summed E-state index contributed by atoms with van der Waals surface area (Å²) in [6.45, 7) is 0. The van der Waals surface area contributed by atoms with E-state index in [9.17, 15) is 18.3 Å². The molecule has 8 heteroatoms. The van der Waals surface area contributed by atoms with Crippen LogP contribution >= 0.6 is 0 Å². The first-order chi connectivity index (χ1) is 7.48. The number of anilines is 1. The van der Waals surface area contributed by atoms with Crippen LogP contribution < -0.4 is 10.5 Å². The number of benzene rings is 1. The van der Waals surface area contributed by atoms with Gasteiger partial charge in [0.25, 0.3) is 6.35 Å². The van der Waals surface area contributed by atoms with Crippen LogP contribution in [-0.2, 0) is 6.18 Å². The molecule has 1 unspecified atom stereocenters. The second-order valence-corrected chi connectivity index (χ2v) is 3.08. The summed E-state index contributed by atoms with van der Waals surface area (Å²) in [4.78, 5) is 0. The highest BCUT2D eigenvalue weighted by Crippen LogP contribution is 2.31. The van der Waals surface area contributed by atoms with E-state index in [0.29, 0.717) is 0 Å². The molecule has 1 atom stereocenters. The molecule has 0 spiro atoms. The molecule has 16 heavy (non-hydrogen) atoms. The Morgan fingerprint density at radius 2 is 2.12 bits per heavy atom. The molecule has 1 aliphatic rings. The van der Waals surface area contributed by atoms with Crippen molar-refractivity contribution in [3.05, 3.63) is 29.8 Å². The molecule has 0 saturated heterocycles. The highest BCUT2D eigenvalue weighted by Gasteiger charge is 2.31. The number of nitrogens with one attached hydrogen (secondary N) is 1. The van der Waals surface area contributed by atoms with Gasteiger partial charge in [0.1, 0.15) is 0 Å². The molecule has 0 radical (unpaired) electrons. The highest BCUT2D eigenvalue weighted by atomic mass is 19.4. The molecule has 1 aliphatic heterocycles. The molecule has 1 aromatic rings. The van der Waals surface area contributed by atoms with Crippen LogP contribution in [0.25, 0.3) is 0 Å². The van der Waals surface area contributed by atoms with E-state index < -0.39 is 18.1 Å². The number of rotatable bonds is 1. The van der Waals surface area contributed by atoms with Crippen LogP contribution in [0.4, 0.5) is 18.9 Å². The van der Waals surface area contributed by atoms with Gasteiger partial charge in [-0.25, -0.2) is 5.01 Å². The van der Waals surface area contributed by atoms with Gasteiger partial charge >= 0.3 is 6.18 Å². The van der Waals surface area contributed by atoms with Gasteiger partial charge in [-0.05, 0) is 18.2 Å². The van der Waals surface area contributed by atoms with Crippen LogP contribution in [0.5, 0.6) is 0 Å². The van der Waals surface area contributed by atoms with Crippen LogP contribution in [0.3, 0.4) is 0 Å². The molecule has 5 nitrogen and oxygen atoms in total. The SMILES string of the molecule is OC1N=NNN1c1cccc(C(F)(F)F)c1. The van der Waals surface area contributed by atoms with E-state index >= 15 is 0 Å². The van der Waals surface area contributed by atoms with Gasteiger partial charge in [0.05, 0.1) is 11.3 Å². The monoisotopic (exact) mass is 232 g/mol. The van der Waals surface area contributed by atoms with E-state index in [0.717, 1.165) is 17.1 Å². The molecule has 0 amide bonds. The van der Waals surface area contributed by atoms with Gasteiger partial charge in [-0.3, -0.25) is 0 Å². The molecule has 86 valence electrons. The first-order valence-electron chi connectivity index (χ1n) is 4.28. The predicted octanol–water partition coefficient (Wildman–Crippen LogP) is 1.67. The fraction of sp³-hybridized carbons (Fsp3) is 0.250. The number of hydrazine groups is 1. The van der Waals surface area contributed by atoms with Crippen molar-refractivity contribution in [1.29, 1.82) is 0 Å². The summed E-state index contributed by atoms with van der Waals surface area (Å²) in [5.41, 5.74) is 1.61. The Balaban J connectivity index is 2.30. The quantitative estimate of drug-likeness (QED) is 0.774. The predicted molar refractivity (Wildman–Crippen MR) is 47.9 cm³/mol. The zero-order valence-corrected chi connectivity index (χ0v) is 7.81. The number of aliphatic hydroxyl groups is 1. The zero-order valence-electron chi connectivity index (χ0n) is 7.81. The molecule has 1 heterocycles. The third-order valence-electron chi connectivity index (χ3n) is 2.00. The number of nitrogens with zero attached hydrogens (tertiary/aromatic N) is 3. The van der Waals surface area contributed by atoms with Crippen molar-refractivity contribution in [2.24, 2.45) is 10.3 Å². The Morgan fingerprint density at radius 3 is 2.69 bits per heavy atom. The molecular formula is C8H7F3N4O. The summed E-state index contributed by atoms with van der Waals surface area (Å²) in [7, 11) is 0. The summed E-state index contributed by atoms with van der Waals surface area (Å²) in [6, 6.07) is 4.49. The molecule has 2 rings (SSSR count). The highest BCUT2D eigenvalue weighted by molar-refractivity contribution is 5.48. The Kier molecular flexibility index (Phi) is 2.43. The topological polar surface area (TPSA) is 60.2 Å². The van der Waals surface area contributed by atoms with Gasteiger partial charge in [-0.15, -0.1) is 5.11 Å². The fourth-order valence-electron chi connectivity index (χ4n) is 1.25. The number of alkyl halides is 3. The summed E-state index contributed by atoms with van der Waals surface area (Å²) in [6.07, 6.45) is -5.74. The lowest BCUT2D eigenvalue weighted by Gasteiger charge is -2.19. The van der Waals surface area contributed by atoms with Gasteiger partial charge < -0.3 is 5.11 Å². The number of hydrogen-bond donors (Lipinski definition) is 2. The number of aliphatic hydroxyl groups excluding tert-OH is 1. The number of halogens is 3. The third-order valence-corrected chi connectivity index (χ3v) is 2.00. The summed E-state index contributed by atoms with van der Waals surface area (Å²) >= 11 is 0. The van der Waals surface area contributed by atoms with Crippen molar-refractivity contribution in [3.63, 3.8) is 0 Å². The van der Waals surface area contributed by atoms with Crippen LogP contribution in [-0.4, -0.2) is 11.5 Å². The van der Waals surface area contributed by atoms with Gasteiger partial charge in [0, 0.05) is 0 Å². The molecule has 1 aromatic carbocycles. The van der Waals surface area contributed by atoms with Crippen LogP contribution in [0, 0.1) is 0 Å². The number of hydrogen-bond acceptors (Lipinski definition) is 5. The normalized spacial score (nSPS) is 20.0. The van der Waals surface area contributed by atoms with E-state index in [1.54, 1.807) is 0 Å². The summed E-state index contributed by atoms with van der Waals surface area (Å²) in [5.74, 6) is 0. The fourth-order valence-corrected chi connectivity index (χ4v) is 1.25. The maximum atomic E-state index is 12.4. The van der Waals surface area contributed by atoms with E-state index in [2.05, 4.69) is 15.9 Å². The Hall–Kier alpha value is -1.83. The van der Waals surface area contributed by atoms with Crippen molar-refractivity contribution in [2.45, 2.75) is 12.5 Å². The van der Waals surface area contributed by atoms with Crippen LogP contribution in [0.1, 0.15) is 5.56 Å². The van der Waals surface area contributed by atoms with Gasteiger partial charge in [0.15, 0.2) is 0 Å². The first-order valence-corrected chi connectivity index (χ1v) is 4.28. The average molecular weight is 232 g/mol. The van der Waals surface area contributed by atoms with E-state index in [4.69, 9.17) is 0 Å². The minimum absolute atomic E-state index is 0.132. The molecule has 0 aromatic heterocycles. The summed E-state index contributed by atoms with van der Waals surface area (Å²) in [5, 5.41) is 16.9. The Morgan fingerprint density at radius 1 is 1.38 bits per heavy atom. The first kappa shape index (κ1) is 10.7. The van der Waals surface area contributed by atoms with Crippen molar-refractivity contribution < 1.29 is 18.3 Å². The van der Waals surface area contributed by atoms with E-state index in [1.807, 2.05) is 0 Å². The van der Waals surface area contributed by atoms with Crippen LogP contribution in [0.2, 0.25) is 0 Å². The minimum Gasteiger partial charge on any atom is -0.352 e. The molecule has 2 N–H and O–H groups in total. The van der Waals surface area contributed by atoms with Crippen LogP contribution in [0.15, 0.2) is 34.6 Å². The van der Waals surface area contributed by atoms with Gasteiger partial charge in [-0.1, -0.05) is 11.3 Å². The van der Waals surface area contributed by atoms with Crippen molar-refractivity contribution in [3.8, 4) is 0 Å². The van der Waals surface area contributed by atoms with E-state index in [-0.39, 0.29) is 5.69 Å². The minimum atomic E-state index is -4.42. The van der Waals surface area contributed by atoms with E-state index in [1.165, 1.54) is 12.1 Å². The molecular weight excluding hydrogens is 225 g/mol. The molecule has 0 fully saturated rings. The van der Waals surface area contributed by atoms with Gasteiger partial charge in [-0.2, -0.15) is 18.7 Å². The van der Waals surface area contributed by atoms with Gasteiger partial charge in [0.2, 0.25) is 0 Å². The Bertz CT molecular complexity index is 420. The lowest BCUT2D eigenvalue weighted by molar-refractivity contribution is -0.137. The average Bonchev–Trinajstić information content (AvgIpc) is 2.63. The second-order valence-electron chi connectivity index (χ2n) is 3.08. The maximum absolute atomic E-state index is 12.4. The van der Waals surface area contributed by atoms with Crippen molar-refractivity contribution >= 4 is 5.69 Å². The molecule has 0 saturated carbocycles. The second kappa shape index (κ2) is 3.63. The van der Waals surface area contributed by atoms with Crippen molar-refractivity contribution in [2.75, 3.05) is 5.01 Å². The zero-order chi connectivity index (χ0) is 11.8. The Labute approximate surface area is 88.1 Å². The standard InChI is InChI=1S/C8H7F3N4O/c9-8(10,11)5-2-1-3-6(4-5)15-7(16)12-13-14-15/h1-4,7,16H,(H,12,14). The molecule has 0 bridgehead atoms. The maximum Gasteiger partial charge on any atom is 0.416 e. The largest absolute Gasteiger partial charge is 0.416 e. The lowest BCUT2D eigenvalue weighted by atomic mass is 10.2. The van der Waals surface area contributed by atoms with Crippen molar-refractivity contribution in [1.82, 2.24) is 5.53 Å². The smallest absolute Gasteiger partial charge is 0.352 e. The third kappa shape index (κ3) is 1.91. The molecule has 0 aliphatic carbocycles. The summed E-state index contributed by atoms with van der Waals surface area (Å²) < 4.78 is 37.2.